The predicted octanol–water partition coefficient (Wildman–Crippen LogP) is 4.45. The van der Waals surface area contributed by atoms with Gasteiger partial charge in [-0.1, -0.05) is 32.0 Å². The number of carbonyl (C=O) groups is 1. The SMILES string of the molecule is Cc1cc(=O)[nH]c2cc(C(=O)Nc3cccc4c3CN(CCC(C)C)C4)ccc12. The maximum absolute atomic E-state index is 12.9. The molecule has 0 unspecified atom stereocenters. The maximum Gasteiger partial charge on any atom is 0.255 e. The monoisotopic (exact) mass is 389 g/mol. The van der Waals surface area contributed by atoms with Crippen LogP contribution in [0.2, 0.25) is 0 Å². The predicted molar refractivity (Wildman–Crippen MR) is 117 cm³/mol. The topological polar surface area (TPSA) is 65.2 Å². The lowest BCUT2D eigenvalue weighted by Crippen LogP contribution is -2.19. The summed E-state index contributed by atoms with van der Waals surface area (Å²) in [4.78, 5) is 29.9. The highest BCUT2D eigenvalue weighted by molar-refractivity contribution is 6.06. The molecule has 4 rings (SSSR count). The lowest BCUT2D eigenvalue weighted by Gasteiger charge is -2.16. The molecule has 2 N–H and O–H groups in total. The molecule has 1 aromatic heterocycles. The second-order valence-electron chi connectivity index (χ2n) is 8.37. The van der Waals surface area contributed by atoms with E-state index in [1.807, 2.05) is 25.1 Å². The number of pyridine rings is 1. The van der Waals surface area contributed by atoms with E-state index >= 15 is 0 Å². The van der Waals surface area contributed by atoms with Crippen LogP contribution in [-0.2, 0) is 13.1 Å². The molecule has 1 aliphatic heterocycles. The van der Waals surface area contributed by atoms with E-state index in [1.165, 1.54) is 17.5 Å². The average molecular weight is 389 g/mol. The smallest absolute Gasteiger partial charge is 0.255 e. The molecule has 0 radical (unpaired) electrons. The molecule has 0 fully saturated rings. The van der Waals surface area contributed by atoms with Crippen LogP contribution in [0.1, 0.15) is 47.3 Å². The molecule has 0 saturated heterocycles. The zero-order chi connectivity index (χ0) is 20.5. The molecule has 3 aromatic rings. The van der Waals surface area contributed by atoms with Crippen molar-refractivity contribution in [2.24, 2.45) is 5.92 Å². The van der Waals surface area contributed by atoms with Gasteiger partial charge in [-0.15, -0.1) is 0 Å². The number of carbonyl (C=O) groups excluding carboxylic acids is 1. The van der Waals surface area contributed by atoms with Crippen LogP contribution in [0, 0.1) is 12.8 Å². The minimum Gasteiger partial charge on any atom is -0.322 e. The number of rotatable bonds is 5. The van der Waals surface area contributed by atoms with Crippen LogP contribution in [0.25, 0.3) is 10.9 Å². The molecule has 5 nitrogen and oxygen atoms in total. The second-order valence-corrected chi connectivity index (χ2v) is 8.37. The summed E-state index contributed by atoms with van der Waals surface area (Å²) < 4.78 is 0. The van der Waals surface area contributed by atoms with Crippen LogP contribution in [-0.4, -0.2) is 22.3 Å². The van der Waals surface area contributed by atoms with Gasteiger partial charge in [0.25, 0.3) is 5.91 Å². The van der Waals surface area contributed by atoms with Gasteiger partial charge in [-0.3, -0.25) is 14.5 Å². The Hall–Kier alpha value is -2.92. The highest BCUT2D eigenvalue weighted by atomic mass is 16.1. The van der Waals surface area contributed by atoms with E-state index in [0.717, 1.165) is 36.3 Å². The van der Waals surface area contributed by atoms with Gasteiger partial charge in [0.1, 0.15) is 0 Å². The van der Waals surface area contributed by atoms with Crippen molar-refractivity contribution in [1.82, 2.24) is 9.88 Å². The van der Waals surface area contributed by atoms with Crippen molar-refractivity contribution in [3.05, 3.63) is 75.1 Å². The summed E-state index contributed by atoms with van der Waals surface area (Å²) in [5.41, 5.74) is 5.32. The third-order valence-electron chi connectivity index (χ3n) is 5.63. The summed E-state index contributed by atoms with van der Waals surface area (Å²) in [6.07, 6.45) is 1.17. The summed E-state index contributed by atoms with van der Waals surface area (Å²) in [5, 5.41) is 4.03. The standard InChI is InChI=1S/C24H27N3O2/c1-15(2)9-10-27-13-18-5-4-6-21(20(18)14-27)26-24(29)17-7-8-19-16(3)11-23(28)25-22(19)12-17/h4-8,11-12,15H,9-10,13-14H2,1-3H3,(H,25,28)(H,26,29). The largest absolute Gasteiger partial charge is 0.322 e. The number of benzene rings is 2. The van der Waals surface area contributed by atoms with Gasteiger partial charge < -0.3 is 10.3 Å². The first-order chi connectivity index (χ1) is 13.9. The number of nitrogens with one attached hydrogen (secondary N) is 2. The zero-order valence-corrected chi connectivity index (χ0v) is 17.2. The number of hydrogen-bond acceptors (Lipinski definition) is 3. The van der Waals surface area contributed by atoms with Crippen LogP contribution >= 0.6 is 0 Å². The molecule has 0 aliphatic carbocycles. The highest BCUT2D eigenvalue weighted by Gasteiger charge is 2.22. The Morgan fingerprint density at radius 3 is 2.79 bits per heavy atom. The minimum absolute atomic E-state index is 0.157. The van der Waals surface area contributed by atoms with Gasteiger partial charge in [0, 0.05) is 41.3 Å². The van der Waals surface area contributed by atoms with Crippen molar-refractivity contribution in [3.8, 4) is 0 Å². The molecule has 5 heteroatoms. The fourth-order valence-electron chi connectivity index (χ4n) is 3.98. The number of hydrogen-bond donors (Lipinski definition) is 2. The maximum atomic E-state index is 12.9. The van der Waals surface area contributed by atoms with Gasteiger partial charge in [-0.25, -0.2) is 0 Å². The van der Waals surface area contributed by atoms with Crippen LogP contribution in [0.4, 0.5) is 5.69 Å². The summed E-state index contributed by atoms with van der Waals surface area (Å²) in [5.74, 6) is 0.518. The Labute approximate surface area is 170 Å². The van der Waals surface area contributed by atoms with E-state index in [0.29, 0.717) is 17.0 Å². The van der Waals surface area contributed by atoms with Crippen molar-refractivity contribution in [1.29, 1.82) is 0 Å². The summed E-state index contributed by atoms with van der Waals surface area (Å²) in [7, 11) is 0. The number of amides is 1. The van der Waals surface area contributed by atoms with Crippen molar-refractivity contribution in [3.63, 3.8) is 0 Å². The number of fused-ring (bicyclic) bond motifs is 2. The first-order valence-electron chi connectivity index (χ1n) is 10.2. The normalized spacial score (nSPS) is 13.8. The molecule has 150 valence electrons. The van der Waals surface area contributed by atoms with Gasteiger partial charge in [-0.2, -0.15) is 0 Å². The number of aromatic amines is 1. The Balaban J connectivity index is 1.55. The average Bonchev–Trinajstić information content (AvgIpc) is 3.10. The van der Waals surface area contributed by atoms with Gasteiger partial charge in [0.15, 0.2) is 0 Å². The first-order valence-corrected chi connectivity index (χ1v) is 10.2. The van der Waals surface area contributed by atoms with Crippen LogP contribution < -0.4 is 10.9 Å². The van der Waals surface area contributed by atoms with E-state index < -0.39 is 0 Å². The summed E-state index contributed by atoms with van der Waals surface area (Å²) >= 11 is 0. The number of aromatic nitrogens is 1. The Bertz CT molecular complexity index is 1130. The van der Waals surface area contributed by atoms with Gasteiger partial charge in [-0.05, 0) is 60.7 Å². The molecule has 0 saturated carbocycles. The third-order valence-corrected chi connectivity index (χ3v) is 5.63. The number of H-pyrrole nitrogens is 1. The zero-order valence-electron chi connectivity index (χ0n) is 17.2. The summed E-state index contributed by atoms with van der Waals surface area (Å²) in [6.45, 7) is 9.25. The minimum atomic E-state index is -0.164. The van der Waals surface area contributed by atoms with Crippen LogP contribution in [0.5, 0.6) is 0 Å². The van der Waals surface area contributed by atoms with Crippen molar-refractivity contribution in [2.45, 2.75) is 40.3 Å². The third kappa shape index (κ3) is 4.10. The van der Waals surface area contributed by atoms with Crippen molar-refractivity contribution in [2.75, 3.05) is 11.9 Å². The lowest BCUT2D eigenvalue weighted by atomic mass is 10.1. The molecule has 2 aromatic carbocycles. The highest BCUT2D eigenvalue weighted by Crippen LogP contribution is 2.30. The van der Waals surface area contributed by atoms with E-state index in [-0.39, 0.29) is 11.5 Å². The molecule has 0 atom stereocenters. The van der Waals surface area contributed by atoms with Gasteiger partial charge in [0.05, 0.1) is 0 Å². The van der Waals surface area contributed by atoms with Gasteiger partial charge >= 0.3 is 0 Å². The summed E-state index contributed by atoms with van der Waals surface area (Å²) in [6, 6.07) is 13.1. The Morgan fingerprint density at radius 2 is 2.00 bits per heavy atom. The van der Waals surface area contributed by atoms with Crippen LogP contribution in [0.15, 0.2) is 47.3 Å². The molecule has 1 aliphatic rings. The van der Waals surface area contributed by atoms with E-state index in [9.17, 15) is 9.59 Å². The fourth-order valence-corrected chi connectivity index (χ4v) is 3.98. The van der Waals surface area contributed by atoms with E-state index in [2.05, 4.69) is 35.1 Å². The van der Waals surface area contributed by atoms with Crippen LogP contribution in [0.3, 0.4) is 0 Å². The number of aryl methyl sites for hydroxylation is 1. The molecule has 1 amide bonds. The molecule has 29 heavy (non-hydrogen) atoms. The number of nitrogens with zero attached hydrogens (tertiary/aromatic N) is 1. The van der Waals surface area contributed by atoms with Crippen molar-refractivity contribution >= 4 is 22.5 Å². The molecule has 0 spiro atoms. The Morgan fingerprint density at radius 1 is 1.17 bits per heavy atom. The molecule has 2 heterocycles. The second kappa shape index (κ2) is 7.84. The lowest BCUT2D eigenvalue weighted by molar-refractivity contribution is 0.102. The first kappa shape index (κ1) is 19.4. The van der Waals surface area contributed by atoms with Crippen molar-refractivity contribution < 1.29 is 4.79 Å². The molecular formula is C24H27N3O2. The van der Waals surface area contributed by atoms with Gasteiger partial charge in [0.2, 0.25) is 5.56 Å². The van der Waals surface area contributed by atoms with E-state index in [4.69, 9.17) is 0 Å². The Kier molecular flexibility index (Phi) is 5.24. The quantitative estimate of drug-likeness (QED) is 0.677. The number of anilines is 1. The molecular weight excluding hydrogens is 362 g/mol. The molecule has 0 bridgehead atoms. The fraction of sp³-hybridized carbons (Fsp3) is 0.333. The van der Waals surface area contributed by atoms with E-state index in [1.54, 1.807) is 18.2 Å².